The molecule has 3 aromatic rings. The summed E-state index contributed by atoms with van der Waals surface area (Å²) in [4.78, 5) is 26.5. The van der Waals surface area contributed by atoms with E-state index < -0.39 is 6.10 Å². The zero-order valence-electron chi connectivity index (χ0n) is 17.2. The largest absolute Gasteiger partial charge is 0.481 e. The summed E-state index contributed by atoms with van der Waals surface area (Å²) < 4.78 is 5.78. The summed E-state index contributed by atoms with van der Waals surface area (Å²) in [6.45, 7) is 1.71. The van der Waals surface area contributed by atoms with Crippen molar-refractivity contribution in [1.29, 1.82) is 0 Å². The Morgan fingerprint density at radius 3 is 2.07 bits per heavy atom. The second-order valence-electron chi connectivity index (χ2n) is 6.93. The Morgan fingerprint density at radius 2 is 1.47 bits per heavy atom. The molecule has 30 heavy (non-hydrogen) atoms. The molecule has 0 bridgehead atoms. The van der Waals surface area contributed by atoms with E-state index in [4.69, 9.17) is 4.74 Å². The molecule has 1 atom stereocenters. The van der Waals surface area contributed by atoms with Gasteiger partial charge in [-0.05, 0) is 66.2 Å². The van der Waals surface area contributed by atoms with E-state index in [0.29, 0.717) is 11.4 Å². The van der Waals surface area contributed by atoms with E-state index in [2.05, 4.69) is 5.32 Å². The van der Waals surface area contributed by atoms with Crippen LogP contribution in [-0.2, 0) is 4.79 Å². The molecule has 3 aromatic carbocycles. The molecule has 1 unspecified atom stereocenters. The molecule has 0 aliphatic rings. The second kappa shape index (κ2) is 9.98. The smallest absolute Gasteiger partial charge is 0.285 e. The maximum atomic E-state index is 12.5. The van der Waals surface area contributed by atoms with Gasteiger partial charge < -0.3 is 15.0 Å². The van der Waals surface area contributed by atoms with Gasteiger partial charge in [0.15, 0.2) is 6.10 Å². The highest BCUT2D eigenvalue weighted by Gasteiger charge is 2.15. The predicted molar refractivity (Wildman–Crippen MR) is 122 cm³/mol. The van der Waals surface area contributed by atoms with Gasteiger partial charge in [-0.25, -0.2) is 0 Å². The first-order chi connectivity index (χ1) is 14.4. The summed E-state index contributed by atoms with van der Waals surface area (Å²) >= 11 is 1.14. The summed E-state index contributed by atoms with van der Waals surface area (Å²) in [5, 5.41) is 2.78. The van der Waals surface area contributed by atoms with Gasteiger partial charge in [-0.15, -0.1) is 0 Å². The third-order valence-corrected chi connectivity index (χ3v) is 5.38. The number of carbonyl (C=O) groups is 2. The van der Waals surface area contributed by atoms with Gasteiger partial charge in [-0.2, -0.15) is 0 Å². The predicted octanol–water partition coefficient (Wildman–Crippen LogP) is 5.53. The van der Waals surface area contributed by atoms with Gasteiger partial charge in [-0.1, -0.05) is 42.5 Å². The monoisotopic (exact) mass is 420 g/mol. The van der Waals surface area contributed by atoms with Crippen molar-refractivity contribution in [2.24, 2.45) is 0 Å². The molecule has 2 amide bonds. The topological polar surface area (TPSA) is 58.6 Å². The molecule has 0 fully saturated rings. The van der Waals surface area contributed by atoms with Gasteiger partial charge in [0.2, 0.25) is 0 Å². The minimum absolute atomic E-state index is 0.0490. The highest BCUT2D eigenvalue weighted by Crippen LogP contribution is 2.24. The molecule has 0 spiro atoms. The Hall–Kier alpha value is -3.25. The Kier molecular flexibility index (Phi) is 7.14. The molecule has 1 N–H and O–H groups in total. The van der Waals surface area contributed by atoms with E-state index in [-0.39, 0.29) is 11.1 Å². The van der Waals surface area contributed by atoms with E-state index in [9.17, 15) is 9.59 Å². The molecule has 0 heterocycles. The molecule has 0 aromatic heterocycles. The van der Waals surface area contributed by atoms with E-state index in [1.807, 2.05) is 54.6 Å². The number of anilines is 1. The number of nitrogens with zero attached hydrogens (tertiary/aromatic N) is 1. The first-order valence-electron chi connectivity index (χ1n) is 9.54. The average molecular weight is 421 g/mol. The number of thioether (sulfide) groups is 1. The van der Waals surface area contributed by atoms with Crippen LogP contribution in [0.5, 0.6) is 5.75 Å². The summed E-state index contributed by atoms with van der Waals surface area (Å²) in [7, 11) is 3.42. The number of hydrogen-bond acceptors (Lipinski definition) is 4. The van der Waals surface area contributed by atoms with Crippen molar-refractivity contribution in [3.05, 3.63) is 78.9 Å². The van der Waals surface area contributed by atoms with Crippen molar-refractivity contribution in [2.45, 2.75) is 17.9 Å². The Labute approximate surface area is 181 Å². The number of benzene rings is 3. The normalized spacial score (nSPS) is 11.4. The molecule has 0 radical (unpaired) electrons. The van der Waals surface area contributed by atoms with Crippen LogP contribution >= 0.6 is 11.8 Å². The van der Waals surface area contributed by atoms with Crippen LogP contribution in [-0.4, -0.2) is 36.2 Å². The number of amides is 2. The van der Waals surface area contributed by atoms with Crippen molar-refractivity contribution in [3.63, 3.8) is 0 Å². The molecular formula is C24H24N2O3S. The molecule has 0 saturated heterocycles. The van der Waals surface area contributed by atoms with Crippen LogP contribution in [0.3, 0.4) is 0 Å². The van der Waals surface area contributed by atoms with Gasteiger partial charge in [0.1, 0.15) is 5.75 Å². The molecule has 3 rings (SSSR count). The quantitative estimate of drug-likeness (QED) is 0.533. The molecule has 0 aliphatic carbocycles. The summed E-state index contributed by atoms with van der Waals surface area (Å²) in [5.41, 5.74) is 2.87. The zero-order chi connectivity index (χ0) is 21.5. The van der Waals surface area contributed by atoms with E-state index in [1.54, 1.807) is 45.3 Å². The first-order valence-corrected chi connectivity index (χ1v) is 10.4. The maximum absolute atomic E-state index is 12.5. The van der Waals surface area contributed by atoms with Gasteiger partial charge in [0.05, 0.1) is 0 Å². The van der Waals surface area contributed by atoms with Crippen LogP contribution in [0.2, 0.25) is 0 Å². The Balaban J connectivity index is 1.55. The number of carbonyl (C=O) groups excluding carboxylic acids is 2. The fourth-order valence-corrected chi connectivity index (χ4v) is 3.31. The lowest BCUT2D eigenvalue weighted by Crippen LogP contribution is -2.30. The number of hydrogen-bond donors (Lipinski definition) is 1. The fraction of sp³-hybridized carbons (Fsp3) is 0.167. The van der Waals surface area contributed by atoms with E-state index >= 15 is 0 Å². The van der Waals surface area contributed by atoms with E-state index in [0.717, 1.165) is 27.8 Å². The highest BCUT2D eigenvalue weighted by atomic mass is 32.2. The standard InChI is InChI=1S/C24H24N2O3S/c1-17(29-21-13-9-19(10-14-21)18-7-5-4-6-8-18)23(27)25-20-11-15-22(16-12-20)30-24(28)26(2)3/h4-17H,1-3H3,(H,25,27). The molecular weight excluding hydrogens is 396 g/mol. The molecule has 0 aliphatic heterocycles. The molecule has 6 heteroatoms. The first kappa shape index (κ1) is 21.5. The van der Waals surface area contributed by atoms with Crippen LogP contribution < -0.4 is 10.1 Å². The van der Waals surface area contributed by atoms with Crippen LogP contribution in [0, 0.1) is 0 Å². The Morgan fingerprint density at radius 1 is 0.867 bits per heavy atom. The van der Waals surface area contributed by atoms with Gasteiger partial charge >= 0.3 is 0 Å². The van der Waals surface area contributed by atoms with Gasteiger partial charge in [-0.3, -0.25) is 9.59 Å². The minimum Gasteiger partial charge on any atom is -0.481 e. The van der Waals surface area contributed by atoms with Crippen LogP contribution in [0.4, 0.5) is 10.5 Å². The average Bonchev–Trinajstić information content (AvgIpc) is 2.76. The summed E-state index contributed by atoms with van der Waals surface area (Å²) in [6, 6.07) is 24.9. The number of rotatable bonds is 6. The van der Waals surface area contributed by atoms with Crippen LogP contribution in [0.1, 0.15) is 6.92 Å². The second-order valence-corrected chi connectivity index (χ2v) is 7.95. The third kappa shape index (κ3) is 5.87. The molecule has 154 valence electrons. The van der Waals surface area contributed by atoms with Crippen molar-refractivity contribution in [2.75, 3.05) is 19.4 Å². The minimum atomic E-state index is -0.656. The lowest BCUT2D eigenvalue weighted by molar-refractivity contribution is -0.122. The van der Waals surface area contributed by atoms with Crippen molar-refractivity contribution in [1.82, 2.24) is 4.90 Å². The zero-order valence-corrected chi connectivity index (χ0v) is 18.0. The lowest BCUT2D eigenvalue weighted by atomic mass is 10.1. The van der Waals surface area contributed by atoms with Gasteiger partial charge in [0.25, 0.3) is 11.1 Å². The van der Waals surface area contributed by atoms with Crippen molar-refractivity contribution < 1.29 is 14.3 Å². The highest BCUT2D eigenvalue weighted by molar-refractivity contribution is 8.13. The number of nitrogens with one attached hydrogen (secondary N) is 1. The SMILES string of the molecule is CC(Oc1ccc(-c2ccccc2)cc1)C(=O)Nc1ccc(SC(=O)N(C)C)cc1. The maximum Gasteiger partial charge on any atom is 0.285 e. The third-order valence-electron chi connectivity index (χ3n) is 4.34. The Bertz CT molecular complexity index is 987. The van der Waals surface area contributed by atoms with Crippen molar-refractivity contribution >= 4 is 28.6 Å². The van der Waals surface area contributed by atoms with Crippen LogP contribution in [0.25, 0.3) is 11.1 Å². The summed E-state index contributed by atoms with van der Waals surface area (Å²) in [5.74, 6) is 0.387. The van der Waals surface area contributed by atoms with Crippen LogP contribution in [0.15, 0.2) is 83.8 Å². The van der Waals surface area contributed by atoms with Crippen molar-refractivity contribution in [3.8, 4) is 16.9 Å². The van der Waals surface area contributed by atoms with E-state index in [1.165, 1.54) is 4.90 Å². The summed E-state index contributed by atoms with van der Waals surface area (Å²) in [6.07, 6.45) is -0.656. The molecule has 0 saturated carbocycles. The number of ether oxygens (including phenoxy) is 1. The lowest BCUT2D eigenvalue weighted by Gasteiger charge is -2.15. The molecule has 5 nitrogen and oxygen atoms in total. The fourth-order valence-electron chi connectivity index (χ4n) is 2.66. The van der Waals surface area contributed by atoms with Gasteiger partial charge in [0, 0.05) is 24.7 Å².